The molecule has 3 heterocycles. The lowest BCUT2D eigenvalue weighted by molar-refractivity contribution is -0.140. The summed E-state index contributed by atoms with van der Waals surface area (Å²) in [4.78, 5) is 26.9. The Bertz CT molecular complexity index is 958. The van der Waals surface area contributed by atoms with Crippen LogP contribution < -0.4 is 4.90 Å². The monoisotopic (exact) mass is 421 g/mol. The molecule has 2 saturated heterocycles. The van der Waals surface area contributed by atoms with E-state index in [1.807, 2.05) is 0 Å². The second-order valence-electron chi connectivity index (χ2n) is 6.81. The van der Waals surface area contributed by atoms with Gasteiger partial charge in [0.25, 0.3) is 5.78 Å². The smallest absolute Gasteiger partial charge is 0.301 e. The first kappa shape index (κ1) is 19.0. The SMILES string of the molecule is CC1(C)OCC(C2/C(=C(\O)c3ccc(Cl)cc3)C(=O)C(=O)N2c2nncs2)O1. The average Bonchev–Trinajstić information content (AvgIpc) is 3.35. The number of halogens is 1. The van der Waals surface area contributed by atoms with Crippen LogP contribution in [0.2, 0.25) is 5.02 Å². The van der Waals surface area contributed by atoms with Gasteiger partial charge >= 0.3 is 5.91 Å². The predicted molar refractivity (Wildman–Crippen MR) is 102 cm³/mol. The van der Waals surface area contributed by atoms with Gasteiger partial charge in [0, 0.05) is 10.6 Å². The van der Waals surface area contributed by atoms with E-state index < -0.39 is 29.6 Å². The summed E-state index contributed by atoms with van der Waals surface area (Å²) in [7, 11) is 0. The van der Waals surface area contributed by atoms with Crippen LogP contribution in [0, 0.1) is 0 Å². The van der Waals surface area contributed by atoms with Crippen molar-refractivity contribution in [1.29, 1.82) is 0 Å². The number of benzene rings is 1. The number of anilines is 1. The van der Waals surface area contributed by atoms with Gasteiger partial charge in [0.2, 0.25) is 5.13 Å². The molecule has 0 aliphatic carbocycles. The molecule has 146 valence electrons. The van der Waals surface area contributed by atoms with Crippen molar-refractivity contribution in [2.24, 2.45) is 0 Å². The maximum Gasteiger partial charge on any atom is 0.301 e. The molecule has 1 aromatic heterocycles. The normalized spacial score (nSPS) is 26.2. The van der Waals surface area contributed by atoms with E-state index >= 15 is 0 Å². The molecule has 2 atom stereocenters. The van der Waals surface area contributed by atoms with Crippen molar-refractivity contribution in [3.05, 3.63) is 45.9 Å². The molecule has 0 spiro atoms. The molecule has 8 nitrogen and oxygen atoms in total. The van der Waals surface area contributed by atoms with E-state index in [1.165, 1.54) is 10.4 Å². The number of hydrogen-bond acceptors (Lipinski definition) is 8. The largest absolute Gasteiger partial charge is 0.507 e. The third kappa shape index (κ3) is 3.20. The van der Waals surface area contributed by atoms with Gasteiger partial charge in [-0.1, -0.05) is 22.9 Å². The van der Waals surface area contributed by atoms with Gasteiger partial charge in [-0.15, -0.1) is 10.2 Å². The Hall–Kier alpha value is -2.33. The van der Waals surface area contributed by atoms with Gasteiger partial charge in [-0.25, -0.2) is 0 Å². The molecule has 4 rings (SSSR count). The molecule has 2 fully saturated rings. The molecule has 2 aromatic rings. The summed E-state index contributed by atoms with van der Waals surface area (Å²) in [6.07, 6.45) is -0.668. The molecule has 0 saturated carbocycles. The Morgan fingerprint density at radius 1 is 1.32 bits per heavy atom. The number of aliphatic hydroxyl groups is 1. The average molecular weight is 422 g/mol. The van der Waals surface area contributed by atoms with Crippen LogP contribution in [0.15, 0.2) is 35.3 Å². The van der Waals surface area contributed by atoms with E-state index in [9.17, 15) is 14.7 Å². The molecule has 1 amide bonds. The first-order valence-electron chi connectivity index (χ1n) is 8.43. The number of Topliss-reactive ketones (excluding diaryl/α,β-unsaturated/α-hetero) is 1. The maximum absolute atomic E-state index is 12.8. The van der Waals surface area contributed by atoms with E-state index in [0.29, 0.717) is 10.6 Å². The Labute approximate surface area is 169 Å². The van der Waals surface area contributed by atoms with Gasteiger partial charge in [0.15, 0.2) is 5.79 Å². The predicted octanol–water partition coefficient (Wildman–Crippen LogP) is 2.60. The van der Waals surface area contributed by atoms with Gasteiger partial charge < -0.3 is 14.6 Å². The highest BCUT2D eigenvalue weighted by Crippen LogP contribution is 2.39. The molecule has 2 unspecified atom stereocenters. The van der Waals surface area contributed by atoms with Crippen LogP contribution >= 0.6 is 22.9 Å². The summed E-state index contributed by atoms with van der Waals surface area (Å²) in [5, 5.41) is 19.3. The molecule has 2 aliphatic heterocycles. The number of aromatic nitrogens is 2. The number of ketones is 1. The minimum Gasteiger partial charge on any atom is -0.507 e. The van der Waals surface area contributed by atoms with Crippen LogP contribution in [0.25, 0.3) is 5.76 Å². The number of carbonyl (C=O) groups excluding carboxylic acids is 2. The fourth-order valence-electron chi connectivity index (χ4n) is 3.33. The van der Waals surface area contributed by atoms with Gasteiger partial charge in [-0.05, 0) is 38.1 Å². The van der Waals surface area contributed by atoms with Gasteiger partial charge in [-0.2, -0.15) is 0 Å². The van der Waals surface area contributed by atoms with E-state index in [0.717, 1.165) is 11.3 Å². The molecule has 28 heavy (non-hydrogen) atoms. The minimum absolute atomic E-state index is 0.0613. The van der Waals surface area contributed by atoms with Crippen molar-refractivity contribution in [1.82, 2.24) is 10.2 Å². The Morgan fingerprint density at radius 2 is 2.04 bits per heavy atom. The molecule has 2 aliphatic rings. The molecule has 1 aromatic carbocycles. The summed E-state index contributed by atoms with van der Waals surface area (Å²) in [6.45, 7) is 3.62. The molecule has 10 heteroatoms. The first-order chi connectivity index (χ1) is 13.3. The zero-order chi connectivity index (χ0) is 20.1. The molecule has 0 bridgehead atoms. The summed E-state index contributed by atoms with van der Waals surface area (Å²) in [5.74, 6) is -2.81. The van der Waals surface area contributed by atoms with E-state index in [4.69, 9.17) is 21.1 Å². The Morgan fingerprint density at radius 3 is 2.61 bits per heavy atom. The summed E-state index contributed by atoms with van der Waals surface area (Å²) in [5.41, 5.74) is 1.76. The zero-order valence-corrected chi connectivity index (χ0v) is 16.5. The molecular formula is C18H16ClN3O5S. The van der Waals surface area contributed by atoms with Crippen molar-refractivity contribution in [3.63, 3.8) is 0 Å². The van der Waals surface area contributed by atoms with Gasteiger partial charge in [-0.3, -0.25) is 14.5 Å². The minimum atomic E-state index is -0.898. The lowest BCUT2D eigenvalue weighted by atomic mass is 9.97. The van der Waals surface area contributed by atoms with Crippen LogP contribution in [0.4, 0.5) is 5.13 Å². The van der Waals surface area contributed by atoms with Crippen molar-refractivity contribution >= 4 is 45.5 Å². The number of carbonyl (C=O) groups is 2. The standard InChI is InChI=1S/C18H16ClN3O5S/c1-18(2)26-7-11(27-18)13-12(14(23)9-3-5-10(19)6-4-9)15(24)16(25)22(13)17-21-20-8-28-17/h3-6,8,11,13,23H,7H2,1-2H3/b14-12+. The molecule has 1 N–H and O–H groups in total. The lowest BCUT2D eigenvalue weighted by Gasteiger charge is -2.27. The maximum atomic E-state index is 12.8. The number of hydrogen-bond donors (Lipinski definition) is 1. The van der Waals surface area contributed by atoms with Crippen LogP contribution in [0.3, 0.4) is 0 Å². The summed E-state index contributed by atoms with van der Waals surface area (Å²) >= 11 is 7.02. The van der Waals surface area contributed by atoms with Crippen molar-refractivity contribution in [2.45, 2.75) is 31.8 Å². The quantitative estimate of drug-likeness (QED) is 0.461. The number of rotatable bonds is 3. The lowest BCUT2D eigenvalue weighted by Crippen LogP contribution is -2.44. The Balaban J connectivity index is 1.85. The number of ether oxygens (including phenoxy) is 2. The van der Waals surface area contributed by atoms with Gasteiger partial charge in [0.1, 0.15) is 23.4 Å². The van der Waals surface area contributed by atoms with E-state index in [2.05, 4.69) is 10.2 Å². The fourth-order valence-corrected chi connectivity index (χ4v) is 4.05. The molecular weight excluding hydrogens is 406 g/mol. The van der Waals surface area contributed by atoms with E-state index in [1.54, 1.807) is 38.1 Å². The number of aliphatic hydroxyl groups excluding tert-OH is 1. The highest BCUT2D eigenvalue weighted by atomic mass is 35.5. The zero-order valence-electron chi connectivity index (χ0n) is 15.0. The number of nitrogens with zero attached hydrogens (tertiary/aromatic N) is 3. The highest BCUT2D eigenvalue weighted by molar-refractivity contribution is 7.13. The van der Waals surface area contributed by atoms with Crippen molar-refractivity contribution < 1.29 is 24.2 Å². The van der Waals surface area contributed by atoms with Crippen LogP contribution in [-0.4, -0.2) is 51.5 Å². The number of amides is 1. The second kappa shape index (κ2) is 6.93. The fraction of sp³-hybridized carbons (Fsp3) is 0.333. The first-order valence-corrected chi connectivity index (χ1v) is 9.69. The third-order valence-corrected chi connectivity index (χ3v) is 5.48. The van der Waals surface area contributed by atoms with Crippen molar-refractivity contribution in [3.8, 4) is 0 Å². The third-order valence-electron chi connectivity index (χ3n) is 4.54. The Kier molecular flexibility index (Phi) is 4.70. The van der Waals surface area contributed by atoms with E-state index in [-0.39, 0.29) is 23.1 Å². The van der Waals surface area contributed by atoms with Gasteiger partial charge in [0.05, 0.1) is 12.2 Å². The van der Waals surface area contributed by atoms with Crippen LogP contribution in [0.5, 0.6) is 0 Å². The summed E-state index contributed by atoms with van der Waals surface area (Å²) in [6, 6.07) is 5.42. The van der Waals surface area contributed by atoms with Crippen LogP contribution in [-0.2, 0) is 19.1 Å². The molecule has 0 radical (unpaired) electrons. The highest BCUT2D eigenvalue weighted by Gasteiger charge is 2.54. The topological polar surface area (TPSA) is 102 Å². The second-order valence-corrected chi connectivity index (χ2v) is 8.05. The van der Waals surface area contributed by atoms with Crippen molar-refractivity contribution in [2.75, 3.05) is 11.5 Å². The van der Waals surface area contributed by atoms with Crippen LogP contribution in [0.1, 0.15) is 19.4 Å². The summed E-state index contributed by atoms with van der Waals surface area (Å²) < 4.78 is 11.5.